The van der Waals surface area contributed by atoms with Gasteiger partial charge in [-0.2, -0.15) is 0 Å². The van der Waals surface area contributed by atoms with Crippen LogP contribution in [-0.2, 0) is 0 Å². The van der Waals surface area contributed by atoms with Crippen molar-refractivity contribution in [2.45, 2.75) is 0 Å². The topological polar surface area (TPSA) is 23.0 Å². The molecule has 5 rings (SSSR count). The summed E-state index contributed by atoms with van der Waals surface area (Å²) in [5.74, 6) is 1.64. The third-order valence-electron chi connectivity index (χ3n) is 4.25. The number of para-hydroxylation sites is 2. The first-order chi connectivity index (χ1) is 11.4. The van der Waals surface area contributed by atoms with Crippen LogP contribution in [0.25, 0.3) is 33.6 Å². The van der Waals surface area contributed by atoms with Crippen LogP contribution in [0.1, 0.15) is 0 Å². The normalized spacial score (nSPS) is 11.5. The molecule has 5 aromatic rings. The summed E-state index contributed by atoms with van der Waals surface area (Å²) in [4.78, 5) is 0. The van der Waals surface area contributed by atoms with Crippen LogP contribution in [0.15, 0.2) is 89.6 Å². The maximum atomic E-state index is 6.11. The first kappa shape index (κ1) is 12.4. The minimum absolute atomic E-state index is 0.819. The molecule has 3 heterocycles. The van der Waals surface area contributed by atoms with E-state index in [2.05, 4.69) is 45.5 Å². The molecule has 0 atom stereocenters. The summed E-state index contributed by atoms with van der Waals surface area (Å²) in [7, 11) is 0. The molecule has 23 heavy (non-hydrogen) atoms. The number of aromatic nitrogens is 2. The molecule has 0 bridgehead atoms. The number of nitrogens with zero attached hydrogens (tertiary/aromatic N) is 2. The highest BCUT2D eigenvalue weighted by atomic mass is 16.4. The molecule has 0 saturated carbocycles. The standard InChI is InChI=1S/C20H14N2O/c1-3-7-17-15(5-1)11-13-21(17)19-9-10-20(23-19)22-14-12-16-6-2-4-8-18(16)22/h1-14H. The van der Waals surface area contributed by atoms with Crippen LogP contribution in [0.5, 0.6) is 0 Å². The van der Waals surface area contributed by atoms with Crippen molar-refractivity contribution >= 4 is 21.8 Å². The Bertz CT molecular complexity index is 1040. The van der Waals surface area contributed by atoms with Crippen molar-refractivity contribution in [2.24, 2.45) is 0 Å². The van der Waals surface area contributed by atoms with E-state index < -0.39 is 0 Å². The van der Waals surface area contributed by atoms with Gasteiger partial charge in [-0.15, -0.1) is 0 Å². The molecule has 3 heteroatoms. The number of furan rings is 1. The fraction of sp³-hybridized carbons (Fsp3) is 0. The molecule has 0 aliphatic rings. The van der Waals surface area contributed by atoms with E-state index >= 15 is 0 Å². The molecule has 3 nitrogen and oxygen atoms in total. The van der Waals surface area contributed by atoms with E-state index in [0.29, 0.717) is 0 Å². The quantitative estimate of drug-likeness (QED) is 0.441. The van der Waals surface area contributed by atoms with Gasteiger partial charge in [-0.25, -0.2) is 0 Å². The number of hydrogen-bond acceptors (Lipinski definition) is 1. The van der Waals surface area contributed by atoms with Crippen molar-refractivity contribution in [3.8, 4) is 11.8 Å². The molecule has 110 valence electrons. The van der Waals surface area contributed by atoms with Gasteiger partial charge >= 0.3 is 0 Å². The van der Waals surface area contributed by atoms with Gasteiger partial charge in [0.15, 0.2) is 0 Å². The van der Waals surface area contributed by atoms with Crippen molar-refractivity contribution in [1.82, 2.24) is 9.13 Å². The Hall–Kier alpha value is -3.20. The molecule has 0 amide bonds. The van der Waals surface area contributed by atoms with E-state index in [-0.39, 0.29) is 0 Å². The molecule has 0 N–H and O–H groups in total. The predicted octanol–water partition coefficient (Wildman–Crippen LogP) is 5.17. The Labute approximate surface area is 133 Å². The van der Waals surface area contributed by atoms with Crippen LogP contribution in [0.2, 0.25) is 0 Å². The molecule has 0 spiro atoms. The molecular formula is C20H14N2O. The summed E-state index contributed by atoms with van der Waals surface area (Å²) in [6.07, 6.45) is 4.09. The van der Waals surface area contributed by atoms with E-state index in [0.717, 1.165) is 22.8 Å². The Morgan fingerprint density at radius 3 is 1.52 bits per heavy atom. The van der Waals surface area contributed by atoms with Crippen molar-refractivity contribution in [1.29, 1.82) is 0 Å². The fourth-order valence-electron chi connectivity index (χ4n) is 3.13. The van der Waals surface area contributed by atoms with Crippen molar-refractivity contribution < 1.29 is 4.42 Å². The van der Waals surface area contributed by atoms with Crippen LogP contribution in [0.4, 0.5) is 0 Å². The number of hydrogen-bond donors (Lipinski definition) is 0. The third kappa shape index (κ3) is 1.83. The van der Waals surface area contributed by atoms with Gasteiger partial charge in [0.1, 0.15) is 0 Å². The largest absolute Gasteiger partial charge is 0.424 e. The average Bonchev–Trinajstić information content (AvgIpc) is 3.31. The monoisotopic (exact) mass is 298 g/mol. The van der Waals surface area contributed by atoms with Crippen LogP contribution in [-0.4, -0.2) is 9.13 Å². The van der Waals surface area contributed by atoms with Gasteiger partial charge in [-0.1, -0.05) is 36.4 Å². The molecule has 2 aromatic carbocycles. The lowest BCUT2D eigenvalue weighted by Gasteiger charge is -2.03. The Balaban J connectivity index is 1.66. The third-order valence-corrected chi connectivity index (χ3v) is 4.25. The summed E-state index contributed by atoms with van der Waals surface area (Å²) >= 11 is 0. The van der Waals surface area contributed by atoms with Gasteiger partial charge in [0, 0.05) is 35.3 Å². The number of benzene rings is 2. The smallest absolute Gasteiger partial charge is 0.206 e. The molecule has 0 aliphatic carbocycles. The summed E-state index contributed by atoms with van der Waals surface area (Å²) in [5.41, 5.74) is 2.29. The van der Waals surface area contributed by atoms with Gasteiger partial charge in [0.25, 0.3) is 0 Å². The summed E-state index contributed by atoms with van der Waals surface area (Å²) in [6, 6.07) is 24.8. The average molecular weight is 298 g/mol. The zero-order valence-corrected chi connectivity index (χ0v) is 12.4. The molecule has 0 radical (unpaired) electrons. The van der Waals surface area contributed by atoms with Gasteiger partial charge in [-0.05, 0) is 24.3 Å². The van der Waals surface area contributed by atoms with Crippen molar-refractivity contribution in [3.05, 3.63) is 85.2 Å². The minimum atomic E-state index is 0.819. The molecular weight excluding hydrogens is 284 g/mol. The zero-order valence-electron chi connectivity index (χ0n) is 12.4. The highest BCUT2D eigenvalue weighted by molar-refractivity contribution is 5.82. The van der Waals surface area contributed by atoms with E-state index in [1.54, 1.807) is 0 Å². The highest BCUT2D eigenvalue weighted by Gasteiger charge is 2.10. The van der Waals surface area contributed by atoms with E-state index in [4.69, 9.17) is 4.42 Å². The maximum Gasteiger partial charge on any atom is 0.206 e. The first-order valence-corrected chi connectivity index (χ1v) is 7.63. The van der Waals surface area contributed by atoms with Gasteiger partial charge in [-0.3, -0.25) is 9.13 Å². The van der Waals surface area contributed by atoms with Crippen molar-refractivity contribution in [3.63, 3.8) is 0 Å². The number of rotatable bonds is 2. The Morgan fingerprint density at radius 1 is 0.522 bits per heavy atom. The zero-order chi connectivity index (χ0) is 15.2. The van der Waals surface area contributed by atoms with Gasteiger partial charge in [0.05, 0.1) is 11.0 Å². The lowest BCUT2D eigenvalue weighted by atomic mass is 10.2. The van der Waals surface area contributed by atoms with Crippen molar-refractivity contribution in [2.75, 3.05) is 0 Å². The molecule has 0 unspecified atom stereocenters. The predicted molar refractivity (Wildman–Crippen MR) is 92.4 cm³/mol. The van der Waals surface area contributed by atoms with E-state index in [1.807, 2.05) is 48.8 Å². The summed E-state index contributed by atoms with van der Waals surface area (Å²) < 4.78 is 10.3. The van der Waals surface area contributed by atoms with E-state index in [9.17, 15) is 0 Å². The number of fused-ring (bicyclic) bond motifs is 2. The minimum Gasteiger partial charge on any atom is -0.424 e. The fourth-order valence-corrected chi connectivity index (χ4v) is 3.13. The second-order valence-electron chi connectivity index (χ2n) is 5.60. The van der Waals surface area contributed by atoms with Gasteiger partial charge < -0.3 is 4.42 Å². The van der Waals surface area contributed by atoms with Crippen LogP contribution in [0, 0.1) is 0 Å². The summed E-state index contributed by atoms with van der Waals surface area (Å²) in [5, 5.41) is 2.41. The molecule has 0 aliphatic heterocycles. The molecule has 3 aromatic heterocycles. The lowest BCUT2D eigenvalue weighted by Crippen LogP contribution is -1.90. The van der Waals surface area contributed by atoms with E-state index in [1.165, 1.54) is 10.8 Å². The second kappa shape index (κ2) is 4.65. The van der Waals surface area contributed by atoms with Crippen LogP contribution < -0.4 is 0 Å². The molecule has 0 saturated heterocycles. The maximum absolute atomic E-state index is 6.11. The second-order valence-corrected chi connectivity index (χ2v) is 5.60. The lowest BCUT2D eigenvalue weighted by molar-refractivity contribution is 0.522. The molecule has 0 fully saturated rings. The SMILES string of the molecule is c1ccc2c(c1)ccn2-c1ccc(-n2ccc3ccccc32)o1. The van der Waals surface area contributed by atoms with Crippen LogP contribution in [0.3, 0.4) is 0 Å². The highest BCUT2D eigenvalue weighted by Crippen LogP contribution is 2.26. The first-order valence-electron chi connectivity index (χ1n) is 7.63. The Morgan fingerprint density at radius 2 is 1.00 bits per heavy atom. The van der Waals surface area contributed by atoms with Gasteiger partial charge in [0.2, 0.25) is 11.8 Å². The Kier molecular flexibility index (Phi) is 2.50. The summed E-state index contributed by atoms with van der Waals surface area (Å²) in [6.45, 7) is 0. The van der Waals surface area contributed by atoms with Crippen LogP contribution >= 0.6 is 0 Å².